The highest BCUT2D eigenvalue weighted by atomic mass is 32.2. The Hall–Kier alpha value is -1.60. The highest BCUT2D eigenvalue weighted by Gasteiger charge is 2.18. The largest absolute Gasteiger partial charge is 0.431 e. The first kappa shape index (κ1) is 17.8. The van der Waals surface area contributed by atoms with E-state index in [1.807, 2.05) is 30.3 Å². The smallest absolute Gasteiger partial charge is 0.279 e. The number of hydrogen-bond donors (Lipinski definition) is 1. The van der Waals surface area contributed by atoms with Crippen LogP contribution in [-0.2, 0) is 6.54 Å². The van der Waals surface area contributed by atoms with Crippen LogP contribution in [0, 0.1) is 0 Å². The highest BCUT2D eigenvalue weighted by Crippen LogP contribution is 2.31. The van der Waals surface area contributed by atoms with Crippen molar-refractivity contribution >= 4 is 33.5 Å². The van der Waals surface area contributed by atoms with Gasteiger partial charge < -0.3 is 4.74 Å². The van der Waals surface area contributed by atoms with Gasteiger partial charge in [0.2, 0.25) is 0 Å². The average molecular weight is 386 g/mol. The monoisotopic (exact) mass is 385 g/mol. The summed E-state index contributed by atoms with van der Waals surface area (Å²) < 4.78 is 10.6. The molecule has 1 saturated heterocycles. The zero-order chi connectivity index (χ0) is 17.8. The van der Waals surface area contributed by atoms with Crippen LogP contribution in [0.15, 0.2) is 48.5 Å². The fourth-order valence-corrected chi connectivity index (χ4v) is 4.70. The Balaban J connectivity index is 1.33. The summed E-state index contributed by atoms with van der Waals surface area (Å²) in [4.78, 5) is 7.06. The first-order valence-corrected chi connectivity index (χ1v) is 11.0. The number of piperidine rings is 1. The van der Waals surface area contributed by atoms with Crippen molar-refractivity contribution in [3.63, 3.8) is 0 Å². The number of fused-ring (bicyclic) bond motifs is 1. The van der Waals surface area contributed by atoms with Gasteiger partial charge >= 0.3 is 0 Å². The Kier molecular flexibility index (Phi) is 5.75. The number of thiazole rings is 1. The molecule has 4 nitrogen and oxygen atoms in total. The van der Waals surface area contributed by atoms with Crippen LogP contribution in [0.2, 0.25) is 0 Å². The molecule has 1 aliphatic heterocycles. The summed E-state index contributed by atoms with van der Waals surface area (Å²) in [6.07, 6.45) is 4.55. The Morgan fingerprint density at radius 2 is 1.92 bits per heavy atom. The zero-order valence-electron chi connectivity index (χ0n) is 14.9. The number of likely N-dealkylation sites (tertiary alicyclic amines) is 1. The lowest BCUT2D eigenvalue weighted by Crippen LogP contribution is -2.39. The van der Waals surface area contributed by atoms with Gasteiger partial charge in [0.05, 0.1) is 10.2 Å². The van der Waals surface area contributed by atoms with Gasteiger partial charge in [-0.25, -0.2) is 4.98 Å². The molecular weight excluding hydrogens is 362 g/mol. The second-order valence-electron chi connectivity index (χ2n) is 6.57. The number of aromatic nitrogens is 1. The van der Waals surface area contributed by atoms with E-state index in [4.69, 9.17) is 4.74 Å². The first-order chi connectivity index (χ1) is 12.8. The van der Waals surface area contributed by atoms with Crippen LogP contribution >= 0.6 is 23.3 Å². The first-order valence-electron chi connectivity index (χ1n) is 8.93. The van der Waals surface area contributed by atoms with Crippen molar-refractivity contribution in [2.75, 3.05) is 19.3 Å². The molecule has 136 valence electrons. The molecule has 1 N–H and O–H groups in total. The molecule has 0 aliphatic carbocycles. The molecular formula is C20H23N3OS2. The van der Waals surface area contributed by atoms with E-state index in [-0.39, 0.29) is 0 Å². The molecule has 0 radical (unpaired) electrons. The number of para-hydroxylation sites is 1. The van der Waals surface area contributed by atoms with E-state index in [0.29, 0.717) is 11.2 Å². The summed E-state index contributed by atoms with van der Waals surface area (Å²) in [5.41, 5.74) is 2.32. The standard InChI is InChI=1S/C20H23N3OS2/c1-25-22-16-10-12-23(13-11-16)14-15-6-8-17(9-7-15)24-20-21-18-4-2-3-5-19(18)26-20/h2-9,16,22H,10-14H2,1H3. The average Bonchev–Trinajstić information content (AvgIpc) is 3.07. The van der Waals surface area contributed by atoms with Crippen LogP contribution in [0.1, 0.15) is 18.4 Å². The van der Waals surface area contributed by atoms with E-state index < -0.39 is 0 Å². The Morgan fingerprint density at radius 1 is 1.15 bits per heavy atom. The predicted molar refractivity (Wildman–Crippen MR) is 111 cm³/mol. The van der Waals surface area contributed by atoms with Crippen molar-refractivity contribution in [2.45, 2.75) is 25.4 Å². The minimum Gasteiger partial charge on any atom is -0.431 e. The van der Waals surface area contributed by atoms with E-state index in [1.165, 1.54) is 18.4 Å². The van der Waals surface area contributed by atoms with Crippen molar-refractivity contribution in [3.05, 3.63) is 54.1 Å². The Labute approximate surface area is 162 Å². The topological polar surface area (TPSA) is 37.4 Å². The zero-order valence-corrected chi connectivity index (χ0v) is 16.5. The lowest BCUT2D eigenvalue weighted by molar-refractivity contribution is 0.201. The van der Waals surface area contributed by atoms with Crippen molar-refractivity contribution in [1.82, 2.24) is 14.6 Å². The lowest BCUT2D eigenvalue weighted by atomic mass is 10.1. The summed E-state index contributed by atoms with van der Waals surface area (Å²) in [6.45, 7) is 3.32. The van der Waals surface area contributed by atoms with Crippen molar-refractivity contribution in [3.8, 4) is 10.9 Å². The van der Waals surface area contributed by atoms with Crippen molar-refractivity contribution < 1.29 is 4.74 Å². The van der Waals surface area contributed by atoms with Crippen LogP contribution in [0.5, 0.6) is 10.9 Å². The fraction of sp³-hybridized carbons (Fsp3) is 0.350. The molecule has 3 aromatic rings. The highest BCUT2D eigenvalue weighted by molar-refractivity contribution is 7.96. The molecule has 0 unspecified atom stereocenters. The molecule has 0 saturated carbocycles. The lowest BCUT2D eigenvalue weighted by Gasteiger charge is -2.31. The maximum atomic E-state index is 5.93. The molecule has 0 amide bonds. The van der Waals surface area contributed by atoms with Crippen molar-refractivity contribution in [2.24, 2.45) is 0 Å². The summed E-state index contributed by atoms with van der Waals surface area (Å²) in [7, 11) is 0. The third-order valence-electron chi connectivity index (χ3n) is 4.68. The third kappa shape index (κ3) is 4.38. The molecule has 0 spiro atoms. The molecule has 1 fully saturated rings. The van der Waals surface area contributed by atoms with Gasteiger partial charge in [0, 0.05) is 12.6 Å². The number of benzene rings is 2. The van der Waals surface area contributed by atoms with Gasteiger partial charge in [-0.1, -0.05) is 47.6 Å². The molecule has 0 atom stereocenters. The maximum Gasteiger partial charge on any atom is 0.279 e. The van der Waals surface area contributed by atoms with Crippen molar-refractivity contribution in [1.29, 1.82) is 0 Å². The molecule has 1 aromatic heterocycles. The Morgan fingerprint density at radius 3 is 2.65 bits per heavy atom. The number of nitrogens with one attached hydrogen (secondary N) is 1. The van der Waals surface area contributed by atoms with Gasteiger partial charge in [0.25, 0.3) is 5.19 Å². The number of nitrogens with zero attached hydrogens (tertiary/aromatic N) is 2. The van der Waals surface area contributed by atoms with E-state index in [2.05, 4.69) is 39.1 Å². The normalized spacial score (nSPS) is 16.2. The van der Waals surface area contributed by atoms with E-state index in [1.54, 1.807) is 23.3 Å². The van der Waals surface area contributed by atoms with Crippen LogP contribution in [0.4, 0.5) is 0 Å². The summed E-state index contributed by atoms with van der Waals surface area (Å²) in [5, 5.41) is 0.697. The minimum atomic E-state index is 0.658. The van der Waals surface area contributed by atoms with E-state index in [9.17, 15) is 0 Å². The van der Waals surface area contributed by atoms with Gasteiger partial charge in [0.1, 0.15) is 5.75 Å². The molecule has 2 heterocycles. The van der Waals surface area contributed by atoms with E-state index >= 15 is 0 Å². The number of ether oxygens (including phenoxy) is 1. The summed E-state index contributed by atoms with van der Waals surface area (Å²) in [5.74, 6) is 0.843. The minimum absolute atomic E-state index is 0.658. The maximum absolute atomic E-state index is 5.93. The van der Waals surface area contributed by atoms with Crippen LogP contribution < -0.4 is 9.46 Å². The third-order valence-corrected chi connectivity index (χ3v) is 6.16. The molecule has 1 aliphatic rings. The second kappa shape index (κ2) is 8.39. The molecule has 2 aromatic carbocycles. The molecule has 4 rings (SSSR count). The quantitative estimate of drug-likeness (QED) is 0.610. The summed E-state index contributed by atoms with van der Waals surface area (Å²) >= 11 is 3.31. The van der Waals surface area contributed by atoms with Gasteiger partial charge in [-0.05, 0) is 62.0 Å². The van der Waals surface area contributed by atoms with Crippen LogP contribution in [0.3, 0.4) is 0 Å². The predicted octanol–water partition coefficient (Wildman–Crippen LogP) is 4.92. The van der Waals surface area contributed by atoms with Gasteiger partial charge in [-0.15, -0.1) is 0 Å². The SMILES string of the molecule is CSNC1CCN(Cc2ccc(Oc3nc4ccccc4s3)cc2)CC1. The second-order valence-corrected chi connectivity index (χ2v) is 8.20. The number of rotatable bonds is 6. The van der Waals surface area contributed by atoms with Crippen LogP contribution in [0.25, 0.3) is 10.2 Å². The summed E-state index contributed by atoms with van der Waals surface area (Å²) in [6, 6.07) is 17.2. The van der Waals surface area contributed by atoms with Crippen LogP contribution in [-0.4, -0.2) is 35.3 Å². The van der Waals surface area contributed by atoms with Gasteiger partial charge in [-0.3, -0.25) is 9.62 Å². The molecule has 26 heavy (non-hydrogen) atoms. The Bertz CT molecular complexity index is 809. The number of hydrogen-bond acceptors (Lipinski definition) is 6. The van der Waals surface area contributed by atoms with E-state index in [0.717, 1.165) is 35.6 Å². The molecule has 0 bridgehead atoms. The fourth-order valence-electron chi connectivity index (χ4n) is 3.29. The van der Waals surface area contributed by atoms with Gasteiger partial charge in [-0.2, -0.15) is 0 Å². The van der Waals surface area contributed by atoms with Gasteiger partial charge in [0.15, 0.2) is 0 Å². The molecule has 6 heteroatoms.